The standard InChI is InChI=1S/C19H21F3O2/c1-18(17(24)7-9-19(20,21)22)8-6-16-13(11-18)3-2-12-10-14(23)4-5-15(12)16/h4-5,10,13,16-17,23-24H,2-3,6,8,11H2,1H3/t13?,16?,17?,18-/m0/s1. The van der Waals surface area contributed by atoms with Crippen molar-refractivity contribution in [3.63, 3.8) is 0 Å². The van der Waals surface area contributed by atoms with E-state index in [-0.39, 0.29) is 5.75 Å². The van der Waals surface area contributed by atoms with E-state index in [1.165, 1.54) is 11.5 Å². The summed E-state index contributed by atoms with van der Waals surface area (Å²) in [6.07, 6.45) is -1.92. The number of aliphatic hydroxyl groups excluding tert-OH is 1. The Morgan fingerprint density at radius 1 is 1.29 bits per heavy atom. The Labute approximate surface area is 139 Å². The third-order valence-electron chi connectivity index (χ3n) is 5.65. The van der Waals surface area contributed by atoms with E-state index in [1.54, 1.807) is 6.07 Å². The predicted molar refractivity (Wildman–Crippen MR) is 84.5 cm³/mol. The smallest absolute Gasteiger partial charge is 0.457 e. The predicted octanol–water partition coefficient (Wildman–Crippen LogP) is 4.16. The Morgan fingerprint density at radius 3 is 2.75 bits per heavy atom. The molecule has 4 atom stereocenters. The maximum Gasteiger partial charge on any atom is 0.457 e. The lowest BCUT2D eigenvalue weighted by Crippen LogP contribution is -2.40. The van der Waals surface area contributed by atoms with Gasteiger partial charge in [0.15, 0.2) is 0 Å². The summed E-state index contributed by atoms with van der Waals surface area (Å²) < 4.78 is 36.8. The van der Waals surface area contributed by atoms with Crippen molar-refractivity contribution < 1.29 is 23.4 Å². The quantitative estimate of drug-likeness (QED) is 0.755. The average molecular weight is 338 g/mol. The summed E-state index contributed by atoms with van der Waals surface area (Å²) >= 11 is 0. The van der Waals surface area contributed by atoms with Gasteiger partial charge in [-0.15, -0.1) is 0 Å². The molecule has 0 aliphatic heterocycles. The molecule has 3 unspecified atom stereocenters. The number of hydrogen-bond donors (Lipinski definition) is 2. The Hall–Kier alpha value is -1.67. The van der Waals surface area contributed by atoms with Crippen LogP contribution in [0.25, 0.3) is 0 Å². The van der Waals surface area contributed by atoms with Crippen LogP contribution in [0.15, 0.2) is 18.2 Å². The topological polar surface area (TPSA) is 40.5 Å². The number of halogens is 3. The number of alkyl halides is 3. The molecule has 0 spiro atoms. The van der Waals surface area contributed by atoms with Crippen LogP contribution >= 0.6 is 0 Å². The molecule has 0 heterocycles. The SMILES string of the molecule is C[C@]1(C(O)C#CC(F)(F)F)CCC2c3ccc(O)cc3CCC2C1. The number of phenolic OH excluding ortho intramolecular Hbond substituents is 1. The zero-order chi connectivity index (χ0) is 17.5. The molecule has 2 N–H and O–H groups in total. The number of phenols is 1. The Kier molecular flexibility index (Phi) is 4.29. The molecule has 0 radical (unpaired) electrons. The highest BCUT2D eigenvalue weighted by molar-refractivity contribution is 5.39. The summed E-state index contributed by atoms with van der Waals surface area (Å²) in [4.78, 5) is 0. The summed E-state index contributed by atoms with van der Waals surface area (Å²) in [7, 11) is 0. The van der Waals surface area contributed by atoms with Crippen LogP contribution in [0.5, 0.6) is 5.75 Å². The number of aliphatic hydroxyl groups is 1. The van der Waals surface area contributed by atoms with Gasteiger partial charge in [-0.1, -0.05) is 18.9 Å². The van der Waals surface area contributed by atoms with Crippen LogP contribution < -0.4 is 0 Å². The highest BCUT2D eigenvalue weighted by atomic mass is 19.4. The van der Waals surface area contributed by atoms with Gasteiger partial charge in [0, 0.05) is 11.3 Å². The number of hydrogen-bond acceptors (Lipinski definition) is 2. The average Bonchev–Trinajstić information content (AvgIpc) is 2.51. The summed E-state index contributed by atoms with van der Waals surface area (Å²) in [5.41, 5.74) is 1.80. The first-order valence-corrected chi connectivity index (χ1v) is 8.27. The van der Waals surface area contributed by atoms with Crippen molar-refractivity contribution in [2.75, 3.05) is 0 Å². The van der Waals surface area contributed by atoms with Gasteiger partial charge in [-0.25, -0.2) is 0 Å². The highest BCUT2D eigenvalue weighted by Crippen LogP contribution is 2.52. The van der Waals surface area contributed by atoms with E-state index in [9.17, 15) is 23.4 Å². The molecule has 2 aliphatic carbocycles. The molecule has 3 rings (SSSR count). The molecule has 1 aromatic rings. The van der Waals surface area contributed by atoms with E-state index in [1.807, 2.05) is 25.0 Å². The monoisotopic (exact) mass is 338 g/mol. The minimum atomic E-state index is -4.57. The van der Waals surface area contributed by atoms with Crippen molar-refractivity contribution in [2.45, 2.75) is 57.2 Å². The van der Waals surface area contributed by atoms with Gasteiger partial charge in [-0.2, -0.15) is 13.2 Å². The van der Waals surface area contributed by atoms with E-state index in [2.05, 4.69) is 0 Å². The molecule has 1 aromatic carbocycles. The lowest BCUT2D eigenvalue weighted by atomic mass is 9.59. The van der Waals surface area contributed by atoms with Gasteiger partial charge in [0.25, 0.3) is 0 Å². The lowest BCUT2D eigenvalue weighted by Gasteiger charge is -2.46. The van der Waals surface area contributed by atoms with Gasteiger partial charge in [0.05, 0.1) is 0 Å². The number of fused-ring (bicyclic) bond motifs is 3. The van der Waals surface area contributed by atoms with Crippen molar-refractivity contribution in [2.24, 2.45) is 11.3 Å². The van der Waals surface area contributed by atoms with Crippen molar-refractivity contribution >= 4 is 0 Å². The lowest BCUT2D eigenvalue weighted by molar-refractivity contribution is -0.0704. The largest absolute Gasteiger partial charge is 0.508 e. The number of benzene rings is 1. The van der Waals surface area contributed by atoms with Gasteiger partial charge >= 0.3 is 6.18 Å². The Morgan fingerprint density at radius 2 is 2.04 bits per heavy atom. The van der Waals surface area contributed by atoms with Gasteiger partial charge in [-0.05, 0) is 67.2 Å². The van der Waals surface area contributed by atoms with Gasteiger partial charge in [0.1, 0.15) is 11.9 Å². The van der Waals surface area contributed by atoms with Crippen molar-refractivity contribution in [3.05, 3.63) is 29.3 Å². The first-order valence-electron chi connectivity index (χ1n) is 8.27. The fourth-order valence-corrected chi connectivity index (χ4v) is 4.36. The molecule has 0 aromatic heterocycles. The summed E-state index contributed by atoms with van der Waals surface area (Å²) in [5.74, 6) is 4.17. The first-order chi connectivity index (χ1) is 11.2. The molecule has 2 nitrogen and oxygen atoms in total. The first kappa shape index (κ1) is 17.2. The van der Waals surface area contributed by atoms with Crippen LogP contribution in [-0.4, -0.2) is 22.5 Å². The second kappa shape index (κ2) is 6.00. The molecule has 0 bridgehead atoms. The number of aromatic hydroxyl groups is 1. The number of aryl methyl sites for hydroxylation is 1. The molecule has 0 saturated heterocycles. The summed E-state index contributed by atoms with van der Waals surface area (Å²) in [6, 6.07) is 5.46. The van der Waals surface area contributed by atoms with Crippen LogP contribution in [0.3, 0.4) is 0 Å². The fraction of sp³-hybridized carbons (Fsp3) is 0.579. The van der Waals surface area contributed by atoms with Crippen LogP contribution in [0.2, 0.25) is 0 Å². The molecule has 2 aliphatic rings. The molecular weight excluding hydrogens is 317 g/mol. The van der Waals surface area contributed by atoms with Gasteiger partial charge in [0.2, 0.25) is 0 Å². The molecule has 130 valence electrons. The fourth-order valence-electron chi connectivity index (χ4n) is 4.36. The summed E-state index contributed by atoms with van der Waals surface area (Å²) in [5, 5.41) is 19.8. The van der Waals surface area contributed by atoms with Crippen molar-refractivity contribution in [1.29, 1.82) is 0 Å². The maximum absolute atomic E-state index is 12.3. The molecule has 1 fully saturated rings. The van der Waals surface area contributed by atoms with Crippen LogP contribution in [0.1, 0.15) is 49.7 Å². The van der Waals surface area contributed by atoms with Crippen LogP contribution in [0.4, 0.5) is 13.2 Å². The molecule has 5 heteroatoms. The van der Waals surface area contributed by atoms with E-state index < -0.39 is 17.7 Å². The minimum Gasteiger partial charge on any atom is -0.508 e. The Balaban J connectivity index is 1.78. The van der Waals surface area contributed by atoms with Crippen LogP contribution in [-0.2, 0) is 6.42 Å². The zero-order valence-electron chi connectivity index (χ0n) is 13.5. The Bertz CT molecular complexity index is 686. The summed E-state index contributed by atoms with van der Waals surface area (Å²) in [6.45, 7) is 1.84. The third kappa shape index (κ3) is 3.39. The second-order valence-corrected chi connectivity index (χ2v) is 7.35. The van der Waals surface area contributed by atoms with E-state index in [0.29, 0.717) is 24.7 Å². The van der Waals surface area contributed by atoms with E-state index in [0.717, 1.165) is 24.8 Å². The van der Waals surface area contributed by atoms with E-state index in [4.69, 9.17) is 0 Å². The van der Waals surface area contributed by atoms with Gasteiger partial charge in [-0.3, -0.25) is 0 Å². The highest BCUT2D eigenvalue weighted by Gasteiger charge is 2.44. The minimum absolute atomic E-state index is 0.269. The second-order valence-electron chi connectivity index (χ2n) is 7.35. The number of rotatable bonds is 1. The molecule has 1 saturated carbocycles. The normalized spacial score (nSPS) is 30.5. The molecule has 0 amide bonds. The van der Waals surface area contributed by atoms with Crippen LogP contribution in [0, 0.1) is 23.2 Å². The van der Waals surface area contributed by atoms with Gasteiger partial charge < -0.3 is 10.2 Å². The van der Waals surface area contributed by atoms with E-state index >= 15 is 0 Å². The van der Waals surface area contributed by atoms with Crippen molar-refractivity contribution in [3.8, 4) is 17.6 Å². The molecule has 24 heavy (non-hydrogen) atoms. The maximum atomic E-state index is 12.3. The molecular formula is C19H21F3O2. The van der Waals surface area contributed by atoms with Crippen molar-refractivity contribution in [1.82, 2.24) is 0 Å². The zero-order valence-corrected chi connectivity index (χ0v) is 13.5. The third-order valence-corrected chi connectivity index (χ3v) is 5.65.